The fourth-order valence-electron chi connectivity index (χ4n) is 2.82. The van der Waals surface area contributed by atoms with Crippen molar-refractivity contribution in [1.29, 1.82) is 0 Å². The lowest BCUT2D eigenvalue weighted by atomic mass is 10.2. The molecular formula is C13H15N3OS2. The van der Waals surface area contributed by atoms with Gasteiger partial charge in [-0.25, -0.2) is 9.97 Å². The van der Waals surface area contributed by atoms with Crippen LogP contribution in [0.2, 0.25) is 0 Å². The Bertz CT molecular complexity index is 634. The molecule has 2 aliphatic rings. The minimum Gasteiger partial charge on any atom is -0.383 e. The van der Waals surface area contributed by atoms with Crippen LogP contribution in [-0.2, 0) is 17.6 Å². The summed E-state index contributed by atoms with van der Waals surface area (Å²) in [6.07, 6.45) is 3.53. The minimum atomic E-state index is 0.00221. The smallest absolute Gasteiger partial charge is 0.162 e. The average Bonchev–Trinajstić information content (AvgIpc) is 2.99. The third kappa shape index (κ3) is 1.93. The van der Waals surface area contributed by atoms with Crippen LogP contribution < -0.4 is 5.73 Å². The lowest BCUT2D eigenvalue weighted by molar-refractivity contribution is 0.0698. The molecular weight excluding hydrogens is 278 g/mol. The van der Waals surface area contributed by atoms with E-state index in [1.54, 1.807) is 11.3 Å². The molecule has 2 aromatic heterocycles. The zero-order valence-corrected chi connectivity index (χ0v) is 12.1. The number of nitrogen functional groups attached to an aromatic ring is 1. The maximum absolute atomic E-state index is 6.17. The highest BCUT2D eigenvalue weighted by Crippen LogP contribution is 2.39. The molecule has 4 rings (SSSR count). The molecule has 0 bridgehead atoms. The average molecular weight is 293 g/mol. The highest BCUT2D eigenvalue weighted by atomic mass is 32.2. The Morgan fingerprint density at radius 1 is 1.26 bits per heavy atom. The number of ether oxygens (including phenoxy) is 1. The number of fused-ring (bicyclic) bond motifs is 3. The number of thiophene rings is 1. The van der Waals surface area contributed by atoms with Crippen molar-refractivity contribution in [3.8, 4) is 0 Å². The van der Waals surface area contributed by atoms with Crippen LogP contribution in [0.15, 0.2) is 0 Å². The van der Waals surface area contributed by atoms with Crippen molar-refractivity contribution in [3.63, 3.8) is 0 Å². The van der Waals surface area contributed by atoms with E-state index in [4.69, 9.17) is 15.5 Å². The molecule has 0 saturated carbocycles. The van der Waals surface area contributed by atoms with E-state index >= 15 is 0 Å². The first-order valence-corrected chi connectivity index (χ1v) is 8.57. The van der Waals surface area contributed by atoms with E-state index in [2.05, 4.69) is 4.98 Å². The number of aromatic nitrogens is 2. The van der Waals surface area contributed by atoms with Crippen molar-refractivity contribution >= 4 is 39.1 Å². The van der Waals surface area contributed by atoms with Gasteiger partial charge in [0.2, 0.25) is 0 Å². The van der Waals surface area contributed by atoms with Gasteiger partial charge in [-0.1, -0.05) is 0 Å². The summed E-state index contributed by atoms with van der Waals surface area (Å²) < 4.78 is 5.75. The molecule has 0 amide bonds. The second kappa shape index (κ2) is 4.61. The van der Waals surface area contributed by atoms with Gasteiger partial charge >= 0.3 is 0 Å². The van der Waals surface area contributed by atoms with E-state index in [0.717, 1.165) is 40.6 Å². The Morgan fingerprint density at radius 3 is 3.05 bits per heavy atom. The minimum absolute atomic E-state index is 0.00221. The van der Waals surface area contributed by atoms with Gasteiger partial charge < -0.3 is 10.5 Å². The van der Waals surface area contributed by atoms with Crippen molar-refractivity contribution < 1.29 is 4.74 Å². The molecule has 2 N–H and O–H groups in total. The van der Waals surface area contributed by atoms with Gasteiger partial charge in [0.15, 0.2) is 5.82 Å². The van der Waals surface area contributed by atoms with Crippen molar-refractivity contribution in [2.75, 3.05) is 23.8 Å². The van der Waals surface area contributed by atoms with E-state index in [9.17, 15) is 0 Å². The molecule has 1 unspecified atom stereocenters. The van der Waals surface area contributed by atoms with Gasteiger partial charge in [-0.3, -0.25) is 0 Å². The number of nitrogens with zero attached hydrogens (tertiary/aromatic N) is 2. The standard InChI is InChI=1S/C13H15N3OS2/c14-11-10-7-2-1-3-9(7)19-13(10)16-12(15-11)8-6-18-5-4-17-8/h8H,1-6H2,(H2,14,15,16). The first-order valence-electron chi connectivity index (χ1n) is 6.60. The SMILES string of the molecule is Nc1nc(C2CSCCO2)nc2sc3c(c12)CCC3. The number of hydrogen-bond acceptors (Lipinski definition) is 6. The predicted octanol–water partition coefficient (Wildman–Crippen LogP) is 2.57. The summed E-state index contributed by atoms with van der Waals surface area (Å²) in [7, 11) is 0. The molecule has 3 heterocycles. The summed E-state index contributed by atoms with van der Waals surface area (Å²) in [6, 6.07) is 0. The van der Waals surface area contributed by atoms with Crippen LogP contribution in [0.25, 0.3) is 10.2 Å². The van der Waals surface area contributed by atoms with E-state index < -0.39 is 0 Å². The van der Waals surface area contributed by atoms with Crippen LogP contribution in [0, 0.1) is 0 Å². The van der Waals surface area contributed by atoms with Crippen LogP contribution in [0.1, 0.15) is 28.8 Å². The number of anilines is 1. The van der Waals surface area contributed by atoms with Crippen LogP contribution >= 0.6 is 23.1 Å². The van der Waals surface area contributed by atoms with Crippen molar-refractivity contribution in [2.45, 2.75) is 25.4 Å². The van der Waals surface area contributed by atoms with E-state index in [1.165, 1.54) is 23.3 Å². The van der Waals surface area contributed by atoms with E-state index in [1.807, 2.05) is 11.8 Å². The molecule has 1 saturated heterocycles. The molecule has 1 atom stereocenters. The maximum atomic E-state index is 6.17. The van der Waals surface area contributed by atoms with Gasteiger partial charge in [-0.15, -0.1) is 11.3 Å². The van der Waals surface area contributed by atoms with Crippen LogP contribution in [0.5, 0.6) is 0 Å². The van der Waals surface area contributed by atoms with Crippen LogP contribution in [-0.4, -0.2) is 28.1 Å². The zero-order valence-electron chi connectivity index (χ0n) is 10.5. The normalized spacial score (nSPS) is 22.8. The molecule has 100 valence electrons. The largest absolute Gasteiger partial charge is 0.383 e. The summed E-state index contributed by atoms with van der Waals surface area (Å²) in [5.41, 5.74) is 7.57. The quantitative estimate of drug-likeness (QED) is 0.875. The first kappa shape index (κ1) is 11.9. The summed E-state index contributed by atoms with van der Waals surface area (Å²) in [6.45, 7) is 0.775. The zero-order chi connectivity index (χ0) is 12.8. The molecule has 1 aliphatic carbocycles. The molecule has 0 spiro atoms. The monoisotopic (exact) mass is 293 g/mol. The molecule has 6 heteroatoms. The first-order chi connectivity index (χ1) is 9.33. The van der Waals surface area contributed by atoms with Gasteiger partial charge in [0.25, 0.3) is 0 Å². The van der Waals surface area contributed by atoms with Crippen LogP contribution in [0.4, 0.5) is 5.82 Å². The fraction of sp³-hybridized carbons (Fsp3) is 0.538. The van der Waals surface area contributed by atoms with Gasteiger partial charge in [0.1, 0.15) is 16.8 Å². The summed E-state index contributed by atoms with van der Waals surface area (Å²) in [5.74, 6) is 3.38. The highest BCUT2D eigenvalue weighted by Gasteiger charge is 2.25. The Labute approximate surface area is 119 Å². The van der Waals surface area contributed by atoms with Gasteiger partial charge in [0.05, 0.1) is 12.0 Å². The molecule has 4 nitrogen and oxygen atoms in total. The highest BCUT2D eigenvalue weighted by molar-refractivity contribution is 7.99. The number of hydrogen-bond donors (Lipinski definition) is 1. The Morgan fingerprint density at radius 2 is 2.21 bits per heavy atom. The van der Waals surface area contributed by atoms with Crippen molar-refractivity contribution in [2.24, 2.45) is 0 Å². The van der Waals surface area contributed by atoms with E-state index in [-0.39, 0.29) is 6.10 Å². The Hall–Kier alpha value is -0.850. The van der Waals surface area contributed by atoms with Gasteiger partial charge in [-0.2, -0.15) is 11.8 Å². The van der Waals surface area contributed by atoms with Crippen molar-refractivity contribution in [3.05, 3.63) is 16.3 Å². The Kier molecular flexibility index (Phi) is 2.90. The van der Waals surface area contributed by atoms with Gasteiger partial charge in [0, 0.05) is 16.4 Å². The fourth-order valence-corrected chi connectivity index (χ4v) is 4.94. The lowest BCUT2D eigenvalue weighted by Crippen LogP contribution is -2.18. The lowest BCUT2D eigenvalue weighted by Gasteiger charge is -2.21. The topological polar surface area (TPSA) is 61.0 Å². The summed E-state index contributed by atoms with van der Waals surface area (Å²) >= 11 is 3.68. The third-order valence-electron chi connectivity index (χ3n) is 3.71. The molecule has 2 aromatic rings. The second-order valence-electron chi connectivity index (χ2n) is 4.94. The summed E-state index contributed by atoms with van der Waals surface area (Å²) in [4.78, 5) is 11.7. The predicted molar refractivity (Wildman–Crippen MR) is 79.9 cm³/mol. The molecule has 19 heavy (non-hydrogen) atoms. The summed E-state index contributed by atoms with van der Waals surface area (Å²) in [5, 5.41) is 1.10. The molecule has 1 aliphatic heterocycles. The number of thioether (sulfide) groups is 1. The molecule has 0 aromatic carbocycles. The molecule has 0 radical (unpaired) electrons. The maximum Gasteiger partial charge on any atom is 0.162 e. The second-order valence-corrected chi connectivity index (χ2v) is 7.17. The third-order valence-corrected chi connectivity index (χ3v) is 5.89. The van der Waals surface area contributed by atoms with E-state index in [0.29, 0.717) is 5.82 Å². The number of aryl methyl sites for hydroxylation is 2. The van der Waals surface area contributed by atoms with Gasteiger partial charge in [-0.05, 0) is 24.8 Å². The number of nitrogens with two attached hydrogens (primary N) is 1. The molecule has 1 fully saturated rings. The van der Waals surface area contributed by atoms with Crippen LogP contribution in [0.3, 0.4) is 0 Å². The number of rotatable bonds is 1. The Balaban J connectivity index is 1.82. The van der Waals surface area contributed by atoms with Crippen molar-refractivity contribution in [1.82, 2.24) is 9.97 Å².